The van der Waals surface area contributed by atoms with Crippen molar-refractivity contribution >= 4 is 11.8 Å². The molecular formula is C17H27N5O2. The van der Waals surface area contributed by atoms with Gasteiger partial charge in [-0.25, -0.2) is 4.98 Å². The molecule has 2 fully saturated rings. The Morgan fingerprint density at radius 2 is 2.08 bits per heavy atom. The van der Waals surface area contributed by atoms with E-state index in [1.165, 1.54) is 6.33 Å². The van der Waals surface area contributed by atoms with E-state index in [0.717, 1.165) is 58.4 Å². The number of carbonyl (C=O) groups is 2. The number of carbonyl (C=O) groups excluding carboxylic acids is 2. The van der Waals surface area contributed by atoms with Crippen molar-refractivity contribution in [2.24, 2.45) is 5.41 Å². The molecule has 1 aromatic heterocycles. The van der Waals surface area contributed by atoms with Gasteiger partial charge in [0.2, 0.25) is 11.8 Å². The minimum absolute atomic E-state index is 0.238. The zero-order valence-corrected chi connectivity index (χ0v) is 14.5. The molecular weight excluding hydrogens is 306 g/mol. The van der Waals surface area contributed by atoms with Gasteiger partial charge in [-0.3, -0.25) is 14.3 Å². The molecule has 7 nitrogen and oxygen atoms in total. The molecule has 0 aliphatic carbocycles. The molecule has 2 amide bonds. The Balaban J connectivity index is 1.44. The Bertz CT molecular complexity index is 564. The highest BCUT2D eigenvalue weighted by atomic mass is 16.2. The largest absolute Gasteiger partial charge is 0.343 e. The van der Waals surface area contributed by atoms with Gasteiger partial charge in [-0.2, -0.15) is 5.10 Å². The molecule has 1 aromatic rings. The lowest BCUT2D eigenvalue weighted by Crippen LogP contribution is -2.52. The van der Waals surface area contributed by atoms with E-state index in [0.29, 0.717) is 12.8 Å². The number of piperidine rings is 2. The van der Waals surface area contributed by atoms with Crippen LogP contribution in [0.4, 0.5) is 0 Å². The number of nitrogens with zero attached hydrogens (tertiary/aromatic N) is 5. The van der Waals surface area contributed by atoms with E-state index in [1.807, 2.05) is 16.7 Å². The summed E-state index contributed by atoms with van der Waals surface area (Å²) in [6.07, 6.45) is 8.24. The molecule has 0 unspecified atom stereocenters. The third-order valence-electron chi connectivity index (χ3n) is 5.55. The van der Waals surface area contributed by atoms with E-state index in [-0.39, 0.29) is 17.2 Å². The summed E-state index contributed by atoms with van der Waals surface area (Å²) >= 11 is 0. The molecule has 0 atom stereocenters. The summed E-state index contributed by atoms with van der Waals surface area (Å²) in [5.74, 6) is 0.527. The van der Waals surface area contributed by atoms with Gasteiger partial charge in [0.05, 0.1) is 0 Å². The first-order valence-electron chi connectivity index (χ1n) is 9.00. The lowest BCUT2D eigenvalue weighted by atomic mass is 9.72. The number of likely N-dealkylation sites (tertiary alicyclic amines) is 2. The molecule has 2 aliphatic heterocycles. The minimum atomic E-state index is 0.238. The summed E-state index contributed by atoms with van der Waals surface area (Å²) in [4.78, 5) is 32.2. The average molecular weight is 333 g/mol. The molecule has 2 saturated heterocycles. The lowest BCUT2D eigenvalue weighted by Gasteiger charge is -2.47. The van der Waals surface area contributed by atoms with E-state index in [1.54, 1.807) is 11.0 Å². The Kier molecular flexibility index (Phi) is 5.16. The number of hydrogen-bond acceptors (Lipinski definition) is 4. The quantitative estimate of drug-likeness (QED) is 0.814. The van der Waals surface area contributed by atoms with Crippen molar-refractivity contribution in [2.75, 3.05) is 26.2 Å². The topological polar surface area (TPSA) is 71.3 Å². The van der Waals surface area contributed by atoms with Crippen LogP contribution in [-0.4, -0.2) is 62.6 Å². The second kappa shape index (κ2) is 7.32. The molecule has 0 radical (unpaired) electrons. The molecule has 24 heavy (non-hydrogen) atoms. The standard InChI is InChI=1S/C17H27N5O2/c1-2-20-12-17(6-5-16(20)24)7-10-21(11-8-17)15(23)4-3-9-22-14-18-13-19-22/h13-14H,2-12H2,1H3. The van der Waals surface area contributed by atoms with E-state index in [9.17, 15) is 9.59 Å². The maximum atomic E-state index is 12.4. The van der Waals surface area contributed by atoms with Gasteiger partial charge in [0.1, 0.15) is 12.7 Å². The van der Waals surface area contributed by atoms with Crippen LogP contribution >= 0.6 is 0 Å². The molecule has 2 aliphatic rings. The average Bonchev–Trinajstić information content (AvgIpc) is 3.11. The first kappa shape index (κ1) is 16.9. The fourth-order valence-corrected chi connectivity index (χ4v) is 3.93. The van der Waals surface area contributed by atoms with Gasteiger partial charge in [-0.1, -0.05) is 0 Å². The molecule has 0 saturated carbocycles. The monoisotopic (exact) mass is 333 g/mol. The summed E-state index contributed by atoms with van der Waals surface area (Å²) in [5, 5.41) is 4.05. The maximum absolute atomic E-state index is 12.4. The van der Waals surface area contributed by atoms with Gasteiger partial charge in [0, 0.05) is 45.6 Å². The summed E-state index contributed by atoms with van der Waals surface area (Å²) in [7, 11) is 0. The van der Waals surface area contributed by atoms with Crippen LogP contribution in [0.25, 0.3) is 0 Å². The number of aromatic nitrogens is 3. The van der Waals surface area contributed by atoms with Crippen molar-refractivity contribution in [1.29, 1.82) is 0 Å². The smallest absolute Gasteiger partial charge is 0.222 e. The van der Waals surface area contributed by atoms with Gasteiger partial charge >= 0.3 is 0 Å². The third kappa shape index (κ3) is 3.76. The molecule has 0 aromatic carbocycles. The number of rotatable bonds is 5. The normalized spacial score (nSPS) is 20.6. The molecule has 0 bridgehead atoms. The molecule has 132 valence electrons. The van der Waals surface area contributed by atoms with Crippen LogP contribution in [0.5, 0.6) is 0 Å². The van der Waals surface area contributed by atoms with E-state index >= 15 is 0 Å². The van der Waals surface area contributed by atoms with Crippen LogP contribution in [0, 0.1) is 5.41 Å². The predicted molar refractivity (Wildman–Crippen MR) is 89.0 cm³/mol. The Morgan fingerprint density at radius 1 is 1.29 bits per heavy atom. The zero-order chi connectivity index (χ0) is 17.0. The van der Waals surface area contributed by atoms with Gasteiger partial charge in [-0.15, -0.1) is 0 Å². The molecule has 0 N–H and O–H groups in total. The van der Waals surface area contributed by atoms with Crippen molar-refractivity contribution in [1.82, 2.24) is 24.6 Å². The first-order valence-corrected chi connectivity index (χ1v) is 9.00. The SMILES string of the molecule is CCN1CC2(CCC1=O)CCN(C(=O)CCCn1cncn1)CC2. The van der Waals surface area contributed by atoms with Crippen LogP contribution in [0.2, 0.25) is 0 Å². The highest BCUT2D eigenvalue weighted by molar-refractivity contribution is 5.77. The lowest BCUT2D eigenvalue weighted by molar-refractivity contribution is -0.142. The van der Waals surface area contributed by atoms with Crippen molar-refractivity contribution in [2.45, 2.75) is 52.0 Å². The zero-order valence-electron chi connectivity index (χ0n) is 14.5. The molecule has 1 spiro atoms. The van der Waals surface area contributed by atoms with Crippen molar-refractivity contribution in [3.05, 3.63) is 12.7 Å². The highest BCUT2D eigenvalue weighted by Gasteiger charge is 2.41. The number of aryl methyl sites for hydroxylation is 1. The van der Waals surface area contributed by atoms with Gasteiger partial charge in [-0.05, 0) is 38.0 Å². The van der Waals surface area contributed by atoms with E-state index in [2.05, 4.69) is 10.1 Å². The number of amides is 2. The predicted octanol–water partition coefficient (Wildman–Crippen LogP) is 1.31. The second-order valence-corrected chi connectivity index (χ2v) is 7.05. The number of hydrogen-bond donors (Lipinski definition) is 0. The maximum Gasteiger partial charge on any atom is 0.222 e. The third-order valence-corrected chi connectivity index (χ3v) is 5.55. The molecule has 7 heteroatoms. The Morgan fingerprint density at radius 3 is 2.75 bits per heavy atom. The van der Waals surface area contributed by atoms with Crippen molar-refractivity contribution < 1.29 is 9.59 Å². The summed E-state index contributed by atoms with van der Waals surface area (Å²) < 4.78 is 1.76. The van der Waals surface area contributed by atoms with Crippen LogP contribution in [0.15, 0.2) is 12.7 Å². The Hall–Kier alpha value is -1.92. The van der Waals surface area contributed by atoms with Gasteiger partial charge in [0.25, 0.3) is 0 Å². The summed E-state index contributed by atoms with van der Waals surface area (Å²) in [6.45, 7) is 6.10. The van der Waals surface area contributed by atoms with Crippen LogP contribution in [0.3, 0.4) is 0 Å². The second-order valence-electron chi connectivity index (χ2n) is 7.05. The Labute approximate surface area is 143 Å². The molecule has 3 rings (SSSR count). The minimum Gasteiger partial charge on any atom is -0.343 e. The van der Waals surface area contributed by atoms with Crippen LogP contribution in [-0.2, 0) is 16.1 Å². The molecule has 3 heterocycles. The van der Waals surface area contributed by atoms with E-state index in [4.69, 9.17) is 0 Å². The first-order chi connectivity index (χ1) is 11.6. The van der Waals surface area contributed by atoms with Crippen molar-refractivity contribution in [3.63, 3.8) is 0 Å². The fraction of sp³-hybridized carbons (Fsp3) is 0.765. The fourth-order valence-electron chi connectivity index (χ4n) is 3.93. The van der Waals surface area contributed by atoms with Crippen LogP contribution in [0.1, 0.15) is 45.4 Å². The van der Waals surface area contributed by atoms with Gasteiger partial charge in [0.15, 0.2) is 0 Å². The van der Waals surface area contributed by atoms with Crippen molar-refractivity contribution in [3.8, 4) is 0 Å². The van der Waals surface area contributed by atoms with Crippen LogP contribution < -0.4 is 0 Å². The summed E-state index contributed by atoms with van der Waals surface area (Å²) in [6, 6.07) is 0. The van der Waals surface area contributed by atoms with E-state index < -0.39 is 0 Å². The van der Waals surface area contributed by atoms with Gasteiger partial charge < -0.3 is 9.80 Å². The summed E-state index contributed by atoms with van der Waals surface area (Å²) in [5.41, 5.74) is 0.238. The highest BCUT2D eigenvalue weighted by Crippen LogP contribution is 2.40.